The lowest BCUT2D eigenvalue weighted by Gasteiger charge is -2.44. The highest BCUT2D eigenvalue weighted by Crippen LogP contribution is 2.21. The van der Waals surface area contributed by atoms with Gasteiger partial charge in [-0.1, -0.05) is 0 Å². The Morgan fingerprint density at radius 1 is 0.933 bits per heavy atom. The quantitative estimate of drug-likeness (QED) is 0.551. The van der Waals surface area contributed by atoms with Crippen molar-refractivity contribution in [1.82, 2.24) is 9.80 Å². The minimum absolute atomic E-state index is 0.562. The van der Waals surface area contributed by atoms with Crippen LogP contribution in [0.5, 0.6) is 0 Å². The van der Waals surface area contributed by atoms with Crippen LogP contribution in [-0.4, -0.2) is 63.4 Å². The summed E-state index contributed by atoms with van der Waals surface area (Å²) in [6.07, 6.45) is -2.76. The average Bonchev–Trinajstić information content (AvgIpc) is 2.01. The highest BCUT2D eigenvalue weighted by molar-refractivity contribution is 4.86. The third-order valence-corrected chi connectivity index (χ3v) is 2.93. The molecule has 5 nitrogen and oxygen atoms in total. The minimum Gasteiger partial charge on any atom is -0.379 e. The zero-order valence-electron chi connectivity index (χ0n) is 10.5. The summed E-state index contributed by atoms with van der Waals surface area (Å²) < 4.78 is 0. The third kappa shape index (κ3) is 3.39. The van der Waals surface area contributed by atoms with E-state index in [0.29, 0.717) is 0 Å². The number of hydrogen-bond donors (Lipinski definition) is 3. The lowest BCUT2D eigenvalue weighted by Crippen LogP contribution is -2.61. The molecule has 3 N–H and O–H groups in total. The maximum absolute atomic E-state index is 10.1. The van der Waals surface area contributed by atoms with E-state index in [0.717, 1.165) is 0 Å². The van der Waals surface area contributed by atoms with E-state index < -0.39 is 24.2 Å². The summed E-state index contributed by atoms with van der Waals surface area (Å²) in [6.45, 7) is 6.72. The van der Waals surface area contributed by atoms with Crippen LogP contribution in [0, 0.1) is 0 Å². The molecule has 15 heavy (non-hydrogen) atoms. The number of nitrogens with zero attached hydrogens (tertiary/aromatic N) is 2. The van der Waals surface area contributed by atoms with Crippen molar-refractivity contribution in [1.29, 1.82) is 0 Å². The van der Waals surface area contributed by atoms with E-state index in [1.807, 2.05) is 32.8 Å². The summed E-state index contributed by atoms with van der Waals surface area (Å²) in [5.74, 6) is 0. The summed E-state index contributed by atoms with van der Waals surface area (Å²) in [4.78, 5) is 3.09. The molecule has 0 heterocycles. The Morgan fingerprint density at radius 2 is 1.27 bits per heavy atom. The molecular formula is C10H24N2O3. The summed E-state index contributed by atoms with van der Waals surface area (Å²) in [7, 11) is 3.68. The van der Waals surface area contributed by atoms with E-state index in [2.05, 4.69) is 0 Å². The summed E-state index contributed by atoms with van der Waals surface area (Å²) >= 11 is 0. The zero-order chi connectivity index (χ0) is 12.4. The van der Waals surface area contributed by atoms with Crippen molar-refractivity contribution in [3.05, 3.63) is 0 Å². The molecule has 0 aliphatic heterocycles. The molecule has 3 unspecified atom stereocenters. The normalized spacial score (nSPS) is 19.4. The van der Waals surface area contributed by atoms with E-state index in [-0.39, 0.29) is 0 Å². The number of rotatable bonds is 5. The first-order valence-electron chi connectivity index (χ1n) is 5.11. The summed E-state index contributed by atoms with van der Waals surface area (Å²) in [6, 6.07) is 0. The van der Waals surface area contributed by atoms with Gasteiger partial charge in [0.15, 0.2) is 0 Å². The van der Waals surface area contributed by atoms with Gasteiger partial charge < -0.3 is 20.2 Å². The molecule has 0 bridgehead atoms. The SMILES string of the molecule is CC(O)N(C(C)O)C(O)C(C)(C)N(C)C. The van der Waals surface area contributed by atoms with E-state index in [1.54, 1.807) is 0 Å². The van der Waals surface area contributed by atoms with Crippen LogP contribution in [0.2, 0.25) is 0 Å². The van der Waals surface area contributed by atoms with E-state index in [1.165, 1.54) is 18.7 Å². The Hall–Kier alpha value is -0.200. The molecule has 0 radical (unpaired) electrons. The monoisotopic (exact) mass is 220 g/mol. The second kappa shape index (κ2) is 5.23. The lowest BCUT2D eigenvalue weighted by atomic mass is 10.00. The van der Waals surface area contributed by atoms with Crippen molar-refractivity contribution in [2.24, 2.45) is 0 Å². The molecule has 0 saturated carbocycles. The molecule has 3 atom stereocenters. The Morgan fingerprint density at radius 3 is 1.47 bits per heavy atom. The third-order valence-electron chi connectivity index (χ3n) is 2.93. The van der Waals surface area contributed by atoms with Crippen LogP contribution in [0.3, 0.4) is 0 Å². The van der Waals surface area contributed by atoms with Crippen molar-refractivity contribution in [3.8, 4) is 0 Å². The van der Waals surface area contributed by atoms with Crippen molar-refractivity contribution in [2.45, 2.75) is 51.9 Å². The van der Waals surface area contributed by atoms with Gasteiger partial charge in [-0.25, -0.2) is 4.90 Å². The number of aliphatic hydroxyl groups excluding tert-OH is 3. The molecule has 92 valence electrons. The molecule has 5 heteroatoms. The first-order valence-corrected chi connectivity index (χ1v) is 5.11. The van der Waals surface area contributed by atoms with Crippen LogP contribution in [0.1, 0.15) is 27.7 Å². The molecule has 0 aromatic rings. The standard InChI is InChI=1S/C10H24N2O3/c1-7(13)12(8(2)14)9(15)10(3,4)11(5)6/h7-9,13-15H,1-6H3. The largest absolute Gasteiger partial charge is 0.379 e. The van der Waals surface area contributed by atoms with Crippen molar-refractivity contribution in [2.75, 3.05) is 14.1 Å². The van der Waals surface area contributed by atoms with Crippen molar-refractivity contribution in [3.63, 3.8) is 0 Å². The Balaban J connectivity index is 4.86. The average molecular weight is 220 g/mol. The molecule has 0 aliphatic rings. The van der Waals surface area contributed by atoms with Gasteiger partial charge >= 0.3 is 0 Å². The summed E-state index contributed by atoms with van der Waals surface area (Å²) in [5, 5.41) is 29.1. The first kappa shape index (κ1) is 14.8. The van der Waals surface area contributed by atoms with Gasteiger partial charge in [0, 0.05) is 0 Å². The van der Waals surface area contributed by atoms with Gasteiger partial charge in [0.05, 0.1) is 5.54 Å². The van der Waals surface area contributed by atoms with E-state index in [4.69, 9.17) is 0 Å². The van der Waals surface area contributed by atoms with Crippen LogP contribution in [-0.2, 0) is 0 Å². The topological polar surface area (TPSA) is 67.2 Å². The van der Waals surface area contributed by atoms with Gasteiger partial charge in [-0.3, -0.25) is 0 Å². The second-order valence-corrected chi connectivity index (χ2v) is 4.63. The van der Waals surface area contributed by atoms with Gasteiger partial charge in [-0.05, 0) is 41.8 Å². The molecule has 0 aromatic heterocycles. The minimum atomic E-state index is -0.951. The molecule has 0 aliphatic carbocycles. The number of hydrogen-bond acceptors (Lipinski definition) is 5. The van der Waals surface area contributed by atoms with Crippen LogP contribution in [0.15, 0.2) is 0 Å². The second-order valence-electron chi connectivity index (χ2n) is 4.63. The molecule has 0 amide bonds. The van der Waals surface area contributed by atoms with E-state index >= 15 is 0 Å². The fourth-order valence-electron chi connectivity index (χ4n) is 1.32. The maximum Gasteiger partial charge on any atom is 0.129 e. The molecule has 0 saturated heterocycles. The highest BCUT2D eigenvalue weighted by atomic mass is 16.4. The van der Waals surface area contributed by atoms with Crippen LogP contribution >= 0.6 is 0 Å². The van der Waals surface area contributed by atoms with Gasteiger partial charge in [0.2, 0.25) is 0 Å². The molecule has 0 aromatic carbocycles. The number of aliphatic hydroxyl groups is 3. The lowest BCUT2D eigenvalue weighted by molar-refractivity contribution is -0.201. The van der Waals surface area contributed by atoms with Gasteiger partial charge in [-0.2, -0.15) is 0 Å². The highest BCUT2D eigenvalue weighted by Gasteiger charge is 2.38. The Kier molecular flexibility index (Phi) is 5.16. The van der Waals surface area contributed by atoms with Gasteiger partial charge in [0.25, 0.3) is 0 Å². The molecule has 0 spiro atoms. The Labute approximate surface area is 91.9 Å². The van der Waals surface area contributed by atoms with Crippen LogP contribution in [0.4, 0.5) is 0 Å². The maximum atomic E-state index is 10.1. The number of likely N-dealkylation sites (N-methyl/N-ethyl adjacent to an activating group) is 1. The van der Waals surface area contributed by atoms with Crippen molar-refractivity contribution >= 4 is 0 Å². The van der Waals surface area contributed by atoms with Crippen LogP contribution in [0.25, 0.3) is 0 Å². The predicted molar refractivity (Wildman–Crippen MR) is 59.0 cm³/mol. The van der Waals surface area contributed by atoms with E-state index in [9.17, 15) is 15.3 Å². The molecule has 0 rings (SSSR count). The van der Waals surface area contributed by atoms with Crippen LogP contribution < -0.4 is 0 Å². The fraction of sp³-hybridized carbons (Fsp3) is 1.00. The summed E-state index contributed by atoms with van der Waals surface area (Å²) in [5.41, 5.74) is -0.562. The van der Waals surface area contributed by atoms with Gasteiger partial charge in [-0.15, -0.1) is 0 Å². The molecule has 0 fully saturated rings. The van der Waals surface area contributed by atoms with Crippen molar-refractivity contribution < 1.29 is 15.3 Å². The predicted octanol–water partition coefficient (Wildman–Crippen LogP) is -0.376. The smallest absolute Gasteiger partial charge is 0.129 e. The fourth-order valence-corrected chi connectivity index (χ4v) is 1.32. The molecular weight excluding hydrogens is 196 g/mol. The Bertz CT molecular complexity index is 185. The van der Waals surface area contributed by atoms with Gasteiger partial charge in [0.1, 0.15) is 18.7 Å². The first-order chi connectivity index (χ1) is 6.62. The zero-order valence-corrected chi connectivity index (χ0v) is 10.5.